The van der Waals surface area contributed by atoms with Crippen LogP contribution in [0.15, 0.2) is 46.9 Å². The molecule has 0 saturated heterocycles. The van der Waals surface area contributed by atoms with E-state index in [0.29, 0.717) is 6.42 Å². The van der Waals surface area contributed by atoms with E-state index >= 15 is 0 Å². The molecule has 1 atom stereocenters. The molecule has 2 aromatic rings. The number of aliphatic hydroxyl groups is 1. The molecule has 1 N–H and O–H groups in total. The van der Waals surface area contributed by atoms with Gasteiger partial charge in [-0.05, 0) is 58.0 Å². The maximum atomic E-state index is 13.0. The van der Waals surface area contributed by atoms with Crippen molar-refractivity contribution in [1.82, 2.24) is 0 Å². The van der Waals surface area contributed by atoms with Gasteiger partial charge in [-0.25, -0.2) is 4.39 Å². The van der Waals surface area contributed by atoms with E-state index in [2.05, 4.69) is 15.9 Å². The van der Waals surface area contributed by atoms with E-state index in [1.54, 1.807) is 6.07 Å². The normalized spacial score (nSPS) is 12.4. The minimum absolute atomic E-state index is 0.280. The Morgan fingerprint density at radius 3 is 2.67 bits per heavy atom. The maximum absolute atomic E-state index is 13.0. The molecule has 0 fully saturated rings. The molecule has 2 aromatic carbocycles. The maximum Gasteiger partial charge on any atom is 0.124 e. The number of benzene rings is 2. The van der Waals surface area contributed by atoms with Crippen molar-refractivity contribution in [2.45, 2.75) is 12.5 Å². The van der Waals surface area contributed by atoms with E-state index in [1.165, 1.54) is 12.1 Å². The van der Waals surface area contributed by atoms with Crippen molar-refractivity contribution in [3.63, 3.8) is 0 Å². The molecular formula is C14H11BrFIO. The van der Waals surface area contributed by atoms with Crippen LogP contribution in [0.25, 0.3) is 0 Å². The average Bonchev–Trinajstić information content (AvgIpc) is 2.28. The minimum Gasteiger partial charge on any atom is -0.388 e. The Morgan fingerprint density at radius 1 is 1.22 bits per heavy atom. The Labute approximate surface area is 127 Å². The van der Waals surface area contributed by atoms with Crippen LogP contribution in [0.5, 0.6) is 0 Å². The van der Waals surface area contributed by atoms with Crippen LogP contribution in [0.2, 0.25) is 0 Å². The van der Waals surface area contributed by atoms with E-state index in [9.17, 15) is 9.50 Å². The van der Waals surface area contributed by atoms with Gasteiger partial charge in [-0.2, -0.15) is 0 Å². The zero-order valence-electron chi connectivity index (χ0n) is 9.41. The van der Waals surface area contributed by atoms with Gasteiger partial charge in [0.05, 0.1) is 6.10 Å². The van der Waals surface area contributed by atoms with Gasteiger partial charge in [0, 0.05) is 14.5 Å². The summed E-state index contributed by atoms with van der Waals surface area (Å²) in [5.74, 6) is -0.280. The number of hydrogen-bond donors (Lipinski definition) is 1. The van der Waals surface area contributed by atoms with Gasteiger partial charge in [-0.3, -0.25) is 0 Å². The minimum atomic E-state index is -0.619. The summed E-state index contributed by atoms with van der Waals surface area (Å²) in [5.41, 5.74) is 1.80. The predicted molar refractivity (Wildman–Crippen MR) is 81.9 cm³/mol. The quantitative estimate of drug-likeness (QED) is 0.726. The fourth-order valence-corrected chi connectivity index (χ4v) is 3.05. The van der Waals surface area contributed by atoms with Gasteiger partial charge in [0.2, 0.25) is 0 Å². The predicted octanol–water partition coefficient (Wildman–Crippen LogP) is 4.47. The molecule has 0 aromatic heterocycles. The van der Waals surface area contributed by atoms with E-state index in [0.717, 1.165) is 19.2 Å². The van der Waals surface area contributed by atoms with Crippen molar-refractivity contribution in [1.29, 1.82) is 0 Å². The van der Waals surface area contributed by atoms with Gasteiger partial charge in [0.1, 0.15) is 5.82 Å². The van der Waals surface area contributed by atoms with E-state index in [4.69, 9.17) is 0 Å². The number of aliphatic hydroxyl groups excluding tert-OH is 1. The summed E-state index contributed by atoms with van der Waals surface area (Å²) < 4.78 is 14.7. The molecule has 0 aliphatic rings. The molecule has 1 unspecified atom stereocenters. The first kappa shape index (κ1) is 14.0. The van der Waals surface area contributed by atoms with Crippen molar-refractivity contribution in [2.75, 3.05) is 0 Å². The van der Waals surface area contributed by atoms with Gasteiger partial charge >= 0.3 is 0 Å². The van der Waals surface area contributed by atoms with Crippen LogP contribution in [0.1, 0.15) is 17.2 Å². The second-order valence-electron chi connectivity index (χ2n) is 4.02. The Morgan fingerprint density at radius 2 is 2.00 bits per heavy atom. The first-order valence-electron chi connectivity index (χ1n) is 5.44. The summed E-state index contributed by atoms with van der Waals surface area (Å²) in [6.07, 6.45) is -0.104. The highest BCUT2D eigenvalue weighted by atomic mass is 127. The van der Waals surface area contributed by atoms with E-state index in [-0.39, 0.29) is 5.82 Å². The summed E-state index contributed by atoms with van der Waals surface area (Å²) in [5, 5.41) is 10.2. The molecule has 0 aliphatic heterocycles. The fraction of sp³-hybridized carbons (Fsp3) is 0.143. The number of rotatable bonds is 3. The third kappa shape index (κ3) is 3.52. The lowest BCUT2D eigenvalue weighted by Crippen LogP contribution is -2.04. The second-order valence-corrected chi connectivity index (χ2v) is 6.09. The Bertz CT molecular complexity index is 559. The van der Waals surface area contributed by atoms with Gasteiger partial charge < -0.3 is 5.11 Å². The van der Waals surface area contributed by atoms with Crippen molar-refractivity contribution >= 4 is 38.5 Å². The molecule has 0 bridgehead atoms. The second kappa shape index (κ2) is 6.12. The monoisotopic (exact) mass is 420 g/mol. The summed E-state index contributed by atoms with van der Waals surface area (Å²) in [6, 6.07) is 12.3. The van der Waals surface area contributed by atoms with Crippen LogP contribution in [0.4, 0.5) is 4.39 Å². The standard InChI is InChI=1S/C14H11BrFIO/c15-10-3-1-2-9(6-10)7-14(18)12-5-4-11(16)8-13(12)17/h1-6,8,14,18H,7H2. The molecular weight excluding hydrogens is 410 g/mol. The lowest BCUT2D eigenvalue weighted by Gasteiger charge is -2.13. The van der Waals surface area contributed by atoms with Crippen LogP contribution >= 0.6 is 38.5 Å². The molecule has 94 valence electrons. The summed E-state index contributed by atoms with van der Waals surface area (Å²) in [4.78, 5) is 0. The van der Waals surface area contributed by atoms with Gasteiger partial charge in [-0.15, -0.1) is 0 Å². The molecule has 0 spiro atoms. The molecule has 0 aliphatic carbocycles. The van der Waals surface area contributed by atoms with Crippen molar-refractivity contribution in [3.05, 3.63) is 67.5 Å². The fourth-order valence-electron chi connectivity index (χ4n) is 1.77. The van der Waals surface area contributed by atoms with Crippen molar-refractivity contribution < 1.29 is 9.50 Å². The molecule has 1 nitrogen and oxygen atoms in total. The van der Waals surface area contributed by atoms with Crippen LogP contribution in [0, 0.1) is 9.39 Å². The molecule has 0 saturated carbocycles. The first-order chi connectivity index (χ1) is 8.56. The van der Waals surface area contributed by atoms with Crippen molar-refractivity contribution in [2.24, 2.45) is 0 Å². The molecule has 2 rings (SSSR count). The summed E-state index contributed by atoms with van der Waals surface area (Å²) in [6.45, 7) is 0. The highest BCUT2D eigenvalue weighted by Gasteiger charge is 2.12. The third-order valence-corrected chi connectivity index (χ3v) is 4.07. The number of hydrogen-bond acceptors (Lipinski definition) is 1. The third-order valence-electron chi connectivity index (χ3n) is 2.64. The molecule has 0 amide bonds. The van der Waals surface area contributed by atoms with E-state index in [1.807, 2.05) is 46.9 Å². The van der Waals surface area contributed by atoms with Gasteiger partial charge in [-0.1, -0.05) is 34.1 Å². The molecule has 18 heavy (non-hydrogen) atoms. The smallest absolute Gasteiger partial charge is 0.124 e. The van der Waals surface area contributed by atoms with Crippen LogP contribution in [0.3, 0.4) is 0 Å². The lowest BCUT2D eigenvalue weighted by molar-refractivity contribution is 0.177. The lowest BCUT2D eigenvalue weighted by atomic mass is 10.0. The molecule has 0 heterocycles. The Kier molecular flexibility index (Phi) is 4.75. The summed E-state index contributed by atoms with van der Waals surface area (Å²) >= 11 is 5.44. The van der Waals surface area contributed by atoms with Gasteiger partial charge in [0.15, 0.2) is 0 Å². The van der Waals surface area contributed by atoms with E-state index < -0.39 is 6.10 Å². The molecule has 4 heteroatoms. The average molecular weight is 421 g/mol. The van der Waals surface area contributed by atoms with Crippen LogP contribution in [-0.4, -0.2) is 5.11 Å². The highest BCUT2D eigenvalue weighted by Crippen LogP contribution is 2.25. The summed E-state index contributed by atoms with van der Waals surface area (Å²) in [7, 11) is 0. The SMILES string of the molecule is OC(Cc1cccc(Br)c1)c1ccc(F)cc1I. The Balaban J connectivity index is 2.19. The highest BCUT2D eigenvalue weighted by molar-refractivity contribution is 14.1. The zero-order chi connectivity index (χ0) is 13.1. The van der Waals surface area contributed by atoms with Crippen LogP contribution in [-0.2, 0) is 6.42 Å². The van der Waals surface area contributed by atoms with Crippen LogP contribution < -0.4 is 0 Å². The largest absolute Gasteiger partial charge is 0.388 e. The Hall–Kier alpha value is -0.460. The van der Waals surface area contributed by atoms with Crippen molar-refractivity contribution in [3.8, 4) is 0 Å². The first-order valence-corrected chi connectivity index (χ1v) is 7.31. The number of halogens is 3. The topological polar surface area (TPSA) is 20.2 Å². The zero-order valence-corrected chi connectivity index (χ0v) is 13.2. The van der Waals surface area contributed by atoms with Gasteiger partial charge in [0.25, 0.3) is 0 Å². The molecule has 0 radical (unpaired) electrons.